The molecular weight excluding hydrogens is 230 g/mol. The Morgan fingerprint density at radius 2 is 2.22 bits per heavy atom. The van der Waals surface area contributed by atoms with Crippen LogP contribution in [0.5, 0.6) is 5.75 Å². The third kappa shape index (κ3) is 1.64. The van der Waals surface area contributed by atoms with Crippen LogP contribution in [-0.4, -0.2) is 27.0 Å². The Balaban J connectivity index is 2.22. The van der Waals surface area contributed by atoms with Crippen LogP contribution in [-0.2, 0) is 0 Å². The molecule has 0 aliphatic carbocycles. The van der Waals surface area contributed by atoms with Gasteiger partial charge in [0.05, 0.1) is 19.0 Å². The molecule has 0 radical (unpaired) electrons. The zero-order valence-corrected chi connectivity index (χ0v) is 9.71. The SMILES string of the molecule is COc1cnc2[nH]cc(-c3ccnc(N)n3)c2c1. The summed E-state index contributed by atoms with van der Waals surface area (Å²) >= 11 is 0. The molecule has 18 heavy (non-hydrogen) atoms. The van der Waals surface area contributed by atoms with E-state index in [1.165, 1.54) is 0 Å². The Morgan fingerprint density at radius 1 is 1.33 bits per heavy atom. The topological polar surface area (TPSA) is 89.7 Å². The molecule has 3 aromatic heterocycles. The van der Waals surface area contributed by atoms with E-state index in [-0.39, 0.29) is 5.95 Å². The van der Waals surface area contributed by atoms with E-state index in [1.807, 2.05) is 12.3 Å². The molecule has 0 spiro atoms. The predicted molar refractivity (Wildman–Crippen MR) is 68.1 cm³/mol. The van der Waals surface area contributed by atoms with Gasteiger partial charge in [0.1, 0.15) is 11.4 Å². The standard InChI is InChI=1S/C12H11N5O/c1-18-7-4-8-9(6-16-11(8)15-5-7)10-2-3-14-12(13)17-10/h2-6H,1H3,(H,15,16)(H2,13,14,17). The third-order valence-electron chi connectivity index (χ3n) is 2.69. The van der Waals surface area contributed by atoms with Crippen LogP contribution < -0.4 is 10.5 Å². The lowest BCUT2D eigenvalue weighted by Gasteiger charge is -2.01. The van der Waals surface area contributed by atoms with Gasteiger partial charge in [0.2, 0.25) is 5.95 Å². The smallest absolute Gasteiger partial charge is 0.220 e. The number of aromatic nitrogens is 4. The number of pyridine rings is 1. The van der Waals surface area contributed by atoms with Crippen LogP contribution in [0.1, 0.15) is 0 Å². The number of nitrogens with two attached hydrogens (primary N) is 1. The summed E-state index contributed by atoms with van der Waals surface area (Å²) < 4.78 is 5.17. The maximum Gasteiger partial charge on any atom is 0.220 e. The van der Waals surface area contributed by atoms with Crippen LogP contribution >= 0.6 is 0 Å². The first-order valence-electron chi connectivity index (χ1n) is 5.38. The Morgan fingerprint density at radius 3 is 3.00 bits per heavy atom. The zero-order valence-electron chi connectivity index (χ0n) is 9.71. The number of nitrogens with one attached hydrogen (secondary N) is 1. The van der Waals surface area contributed by atoms with Gasteiger partial charge in [-0.2, -0.15) is 0 Å². The summed E-state index contributed by atoms with van der Waals surface area (Å²) in [5, 5.41) is 0.937. The maximum atomic E-state index is 5.59. The Labute approximate surface area is 103 Å². The number of fused-ring (bicyclic) bond motifs is 1. The summed E-state index contributed by atoms with van der Waals surface area (Å²) in [4.78, 5) is 15.4. The minimum absolute atomic E-state index is 0.248. The quantitative estimate of drug-likeness (QED) is 0.711. The molecule has 6 nitrogen and oxygen atoms in total. The Hall–Kier alpha value is -2.63. The number of hydrogen-bond donors (Lipinski definition) is 2. The fraction of sp³-hybridized carbons (Fsp3) is 0.0833. The molecule has 3 aromatic rings. The molecule has 3 N–H and O–H groups in total. The summed E-state index contributed by atoms with van der Waals surface area (Å²) in [5.74, 6) is 0.947. The van der Waals surface area contributed by atoms with Crippen molar-refractivity contribution in [3.63, 3.8) is 0 Å². The molecule has 0 bridgehead atoms. The van der Waals surface area contributed by atoms with E-state index >= 15 is 0 Å². The van der Waals surface area contributed by atoms with Gasteiger partial charge >= 0.3 is 0 Å². The van der Waals surface area contributed by atoms with Crippen LogP contribution in [0, 0.1) is 0 Å². The number of rotatable bonds is 2. The monoisotopic (exact) mass is 241 g/mol. The van der Waals surface area contributed by atoms with E-state index in [9.17, 15) is 0 Å². The Bertz CT molecular complexity index is 707. The van der Waals surface area contributed by atoms with Crippen molar-refractivity contribution >= 4 is 17.0 Å². The van der Waals surface area contributed by atoms with Crippen molar-refractivity contribution in [3.8, 4) is 17.0 Å². The molecule has 0 unspecified atom stereocenters. The van der Waals surface area contributed by atoms with Gasteiger partial charge in [-0.1, -0.05) is 0 Å². The number of anilines is 1. The number of ether oxygens (including phenoxy) is 1. The number of nitrogens with zero attached hydrogens (tertiary/aromatic N) is 3. The van der Waals surface area contributed by atoms with Gasteiger partial charge in [-0.05, 0) is 12.1 Å². The lowest BCUT2D eigenvalue weighted by atomic mass is 10.1. The average molecular weight is 241 g/mol. The molecule has 0 saturated carbocycles. The summed E-state index contributed by atoms with van der Waals surface area (Å²) in [6.45, 7) is 0. The van der Waals surface area contributed by atoms with E-state index in [0.29, 0.717) is 5.75 Å². The minimum atomic E-state index is 0.248. The molecule has 3 heterocycles. The van der Waals surface area contributed by atoms with Crippen molar-refractivity contribution in [2.45, 2.75) is 0 Å². The highest BCUT2D eigenvalue weighted by Crippen LogP contribution is 2.28. The van der Waals surface area contributed by atoms with Crippen molar-refractivity contribution in [2.75, 3.05) is 12.8 Å². The first-order valence-corrected chi connectivity index (χ1v) is 5.38. The summed E-state index contributed by atoms with van der Waals surface area (Å²) in [5.41, 5.74) is 8.05. The zero-order chi connectivity index (χ0) is 12.5. The van der Waals surface area contributed by atoms with Gasteiger partial charge in [0.15, 0.2) is 0 Å². The second-order valence-corrected chi connectivity index (χ2v) is 3.77. The van der Waals surface area contributed by atoms with Crippen molar-refractivity contribution < 1.29 is 4.74 Å². The summed E-state index contributed by atoms with van der Waals surface area (Å²) in [6, 6.07) is 3.71. The van der Waals surface area contributed by atoms with Gasteiger partial charge in [0.25, 0.3) is 0 Å². The highest BCUT2D eigenvalue weighted by molar-refractivity contribution is 5.93. The molecule has 3 rings (SSSR count). The van der Waals surface area contributed by atoms with E-state index in [0.717, 1.165) is 22.3 Å². The molecular formula is C12H11N5O. The maximum absolute atomic E-state index is 5.59. The summed E-state index contributed by atoms with van der Waals surface area (Å²) in [7, 11) is 1.61. The summed E-state index contributed by atoms with van der Waals surface area (Å²) in [6.07, 6.45) is 5.14. The van der Waals surface area contributed by atoms with Crippen LogP contribution in [0.2, 0.25) is 0 Å². The largest absolute Gasteiger partial charge is 0.495 e. The lowest BCUT2D eigenvalue weighted by molar-refractivity contribution is 0.414. The molecule has 0 saturated heterocycles. The molecule has 6 heteroatoms. The number of hydrogen-bond acceptors (Lipinski definition) is 5. The van der Waals surface area contributed by atoms with Crippen LogP contribution in [0.25, 0.3) is 22.3 Å². The second kappa shape index (κ2) is 3.99. The van der Waals surface area contributed by atoms with E-state index in [1.54, 1.807) is 25.6 Å². The minimum Gasteiger partial charge on any atom is -0.495 e. The molecule has 90 valence electrons. The van der Waals surface area contributed by atoms with E-state index in [4.69, 9.17) is 10.5 Å². The van der Waals surface area contributed by atoms with Crippen molar-refractivity contribution in [3.05, 3.63) is 30.7 Å². The fourth-order valence-corrected chi connectivity index (χ4v) is 1.83. The fourth-order valence-electron chi connectivity index (χ4n) is 1.83. The highest BCUT2D eigenvalue weighted by atomic mass is 16.5. The second-order valence-electron chi connectivity index (χ2n) is 3.77. The molecule has 0 aromatic carbocycles. The first kappa shape index (κ1) is 10.5. The highest BCUT2D eigenvalue weighted by Gasteiger charge is 2.09. The molecule has 0 aliphatic heterocycles. The third-order valence-corrected chi connectivity index (χ3v) is 2.69. The number of nitrogen functional groups attached to an aromatic ring is 1. The Kier molecular flexibility index (Phi) is 2.33. The lowest BCUT2D eigenvalue weighted by Crippen LogP contribution is -1.94. The van der Waals surface area contributed by atoms with Crippen LogP contribution in [0.4, 0.5) is 5.95 Å². The first-order chi connectivity index (χ1) is 8.78. The molecule has 0 atom stereocenters. The van der Waals surface area contributed by atoms with Crippen LogP contribution in [0.3, 0.4) is 0 Å². The van der Waals surface area contributed by atoms with Crippen LogP contribution in [0.15, 0.2) is 30.7 Å². The molecule has 0 aliphatic rings. The molecule has 0 fully saturated rings. The van der Waals surface area contributed by atoms with Gasteiger partial charge in [-0.3, -0.25) is 0 Å². The number of aromatic amines is 1. The predicted octanol–water partition coefficient (Wildman–Crippen LogP) is 1.61. The van der Waals surface area contributed by atoms with Gasteiger partial charge < -0.3 is 15.5 Å². The number of methoxy groups -OCH3 is 1. The van der Waals surface area contributed by atoms with Gasteiger partial charge in [-0.15, -0.1) is 0 Å². The van der Waals surface area contributed by atoms with Gasteiger partial charge in [0, 0.05) is 23.3 Å². The van der Waals surface area contributed by atoms with Gasteiger partial charge in [-0.25, -0.2) is 15.0 Å². The van der Waals surface area contributed by atoms with Crippen molar-refractivity contribution in [2.24, 2.45) is 0 Å². The van der Waals surface area contributed by atoms with E-state index in [2.05, 4.69) is 19.9 Å². The number of H-pyrrole nitrogens is 1. The molecule has 0 amide bonds. The van der Waals surface area contributed by atoms with E-state index < -0.39 is 0 Å². The normalized spacial score (nSPS) is 10.7. The van der Waals surface area contributed by atoms with Crippen molar-refractivity contribution in [1.29, 1.82) is 0 Å². The average Bonchev–Trinajstić information content (AvgIpc) is 2.81. The van der Waals surface area contributed by atoms with Crippen molar-refractivity contribution in [1.82, 2.24) is 19.9 Å².